The third kappa shape index (κ3) is 2.22. The number of anilines is 1. The quantitative estimate of drug-likeness (QED) is 0.595. The van der Waals surface area contributed by atoms with Gasteiger partial charge in [0.15, 0.2) is 6.17 Å². The van der Waals surface area contributed by atoms with Gasteiger partial charge in [-0.2, -0.15) is 5.10 Å². The third-order valence-electron chi connectivity index (χ3n) is 2.90. The lowest BCUT2D eigenvalue weighted by Crippen LogP contribution is -2.36. The van der Waals surface area contributed by atoms with Crippen molar-refractivity contribution in [3.05, 3.63) is 30.3 Å². The molecule has 17 heavy (non-hydrogen) atoms. The molecule has 0 spiro atoms. The topological polar surface area (TPSA) is 77.0 Å². The van der Waals surface area contributed by atoms with Crippen LogP contribution in [0.15, 0.2) is 40.4 Å². The van der Waals surface area contributed by atoms with E-state index in [2.05, 4.69) is 10.1 Å². The first kappa shape index (κ1) is 11.4. The molecular weight excluding hydrogens is 216 g/mol. The molecule has 0 saturated heterocycles. The number of para-hydroxylation sites is 1. The van der Waals surface area contributed by atoms with Crippen LogP contribution in [-0.4, -0.2) is 17.9 Å². The number of benzene rings is 1. The highest BCUT2D eigenvalue weighted by Crippen LogP contribution is 2.28. The van der Waals surface area contributed by atoms with E-state index in [4.69, 9.17) is 5.73 Å². The van der Waals surface area contributed by atoms with E-state index in [1.807, 2.05) is 44.2 Å². The smallest absolute Gasteiger partial charge is 0.150 e. The van der Waals surface area contributed by atoms with E-state index in [1.165, 1.54) is 0 Å². The zero-order valence-electron chi connectivity index (χ0n) is 9.87. The van der Waals surface area contributed by atoms with Crippen molar-refractivity contribution in [2.24, 2.45) is 21.7 Å². The van der Waals surface area contributed by atoms with Gasteiger partial charge in [0.2, 0.25) is 0 Å². The average Bonchev–Trinajstić information content (AvgIpc) is 2.58. The van der Waals surface area contributed by atoms with Crippen LogP contribution >= 0.6 is 0 Å². The number of hydrogen-bond acceptors (Lipinski definition) is 4. The van der Waals surface area contributed by atoms with Crippen LogP contribution < -0.4 is 15.8 Å². The Bertz CT molecular complexity index is 451. The summed E-state index contributed by atoms with van der Waals surface area (Å²) in [4.78, 5) is 3.92. The van der Waals surface area contributed by atoms with Crippen molar-refractivity contribution in [1.29, 1.82) is 0 Å². The molecule has 1 heterocycles. The summed E-state index contributed by atoms with van der Waals surface area (Å²) in [5, 5.41) is 17.1. The van der Waals surface area contributed by atoms with Crippen LogP contribution in [0.2, 0.25) is 0 Å². The van der Waals surface area contributed by atoms with Crippen molar-refractivity contribution in [2.45, 2.75) is 20.0 Å². The maximum Gasteiger partial charge on any atom is 0.150 e. The summed E-state index contributed by atoms with van der Waals surface area (Å²) in [6.45, 7) is 3.91. The number of hydrazone groups is 1. The van der Waals surface area contributed by atoms with Gasteiger partial charge in [-0.05, 0) is 19.1 Å². The molecular formula is C12H15N4O-. The number of aliphatic imine (C=N–C) groups is 1. The van der Waals surface area contributed by atoms with Gasteiger partial charge in [-0.25, -0.2) is 5.01 Å². The molecule has 0 saturated carbocycles. The van der Waals surface area contributed by atoms with Gasteiger partial charge in [0.1, 0.15) is 0 Å². The highest BCUT2D eigenvalue weighted by Gasteiger charge is 2.32. The molecule has 0 amide bonds. The molecule has 5 nitrogen and oxygen atoms in total. The summed E-state index contributed by atoms with van der Waals surface area (Å²) >= 11 is 0. The zero-order chi connectivity index (χ0) is 12.4. The van der Waals surface area contributed by atoms with Crippen molar-refractivity contribution < 1.29 is 5.11 Å². The van der Waals surface area contributed by atoms with Crippen molar-refractivity contribution in [2.75, 3.05) is 5.01 Å². The van der Waals surface area contributed by atoms with Gasteiger partial charge < -0.3 is 10.8 Å². The molecule has 1 aromatic carbocycles. The predicted octanol–water partition coefficient (Wildman–Crippen LogP) is 0.520. The molecule has 0 fully saturated rings. The summed E-state index contributed by atoms with van der Waals surface area (Å²) in [5.41, 5.74) is 6.99. The maximum atomic E-state index is 11.0. The molecule has 2 atom stereocenters. The fourth-order valence-corrected chi connectivity index (χ4v) is 1.84. The van der Waals surface area contributed by atoms with Gasteiger partial charge in [0.25, 0.3) is 0 Å². The van der Waals surface area contributed by atoms with E-state index in [0.29, 0.717) is 0 Å². The fourth-order valence-electron chi connectivity index (χ4n) is 1.84. The molecule has 0 aromatic heterocycles. The van der Waals surface area contributed by atoms with Crippen LogP contribution in [0.5, 0.6) is 0 Å². The molecule has 1 aliphatic heterocycles. The summed E-state index contributed by atoms with van der Waals surface area (Å²) in [5.74, 6) is 0.0858. The second-order valence-corrected chi connectivity index (χ2v) is 4.09. The van der Waals surface area contributed by atoms with E-state index >= 15 is 0 Å². The molecule has 5 heteroatoms. The second kappa shape index (κ2) is 4.45. The summed E-state index contributed by atoms with van der Waals surface area (Å²) in [7, 11) is 0. The van der Waals surface area contributed by atoms with Crippen LogP contribution in [-0.2, 0) is 0 Å². The molecule has 2 N–H and O–H groups in total. The van der Waals surface area contributed by atoms with Crippen LogP contribution in [0.4, 0.5) is 5.69 Å². The Labute approximate surface area is 100 Å². The van der Waals surface area contributed by atoms with Crippen LogP contribution in [0.25, 0.3) is 0 Å². The monoisotopic (exact) mass is 231 g/mol. The Morgan fingerprint density at radius 3 is 2.65 bits per heavy atom. The lowest BCUT2D eigenvalue weighted by atomic mass is 10.1. The third-order valence-corrected chi connectivity index (χ3v) is 2.90. The Morgan fingerprint density at radius 1 is 1.41 bits per heavy atom. The molecule has 2 rings (SSSR count). The van der Waals surface area contributed by atoms with Gasteiger partial charge in [0, 0.05) is 17.7 Å². The van der Waals surface area contributed by atoms with Crippen molar-refractivity contribution in [3.63, 3.8) is 0 Å². The second-order valence-electron chi connectivity index (χ2n) is 4.09. The van der Waals surface area contributed by atoms with Crippen LogP contribution in [0.3, 0.4) is 0 Å². The molecule has 1 aliphatic rings. The van der Waals surface area contributed by atoms with E-state index in [-0.39, 0.29) is 12.1 Å². The predicted molar refractivity (Wildman–Crippen MR) is 66.6 cm³/mol. The van der Waals surface area contributed by atoms with Crippen molar-refractivity contribution in [3.8, 4) is 0 Å². The van der Waals surface area contributed by atoms with Gasteiger partial charge in [-0.1, -0.05) is 25.1 Å². The van der Waals surface area contributed by atoms with Crippen LogP contribution in [0, 0.1) is 5.92 Å². The Kier molecular flexibility index (Phi) is 2.99. The number of rotatable bonds is 2. The van der Waals surface area contributed by atoms with E-state index < -0.39 is 6.02 Å². The van der Waals surface area contributed by atoms with Gasteiger partial charge in [-0.3, -0.25) is 4.99 Å². The van der Waals surface area contributed by atoms with Gasteiger partial charge >= 0.3 is 0 Å². The van der Waals surface area contributed by atoms with Gasteiger partial charge in [0.05, 0.1) is 5.69 Å². The lowest BCUT2D eigenvalue weighted by Gasteiger charge is -2.24. The normalized spacial score (nSPS) is 24.9. The number of amidine groups is 1. The first-order chi connectivity index (χ1) is 8.09. The molecule has 0 aliphatic carbocycles. The summed E-state index contributed by atoms with van der Waals surface area (Å²) in [6.07, 6.45) is -0.338. The van der Waals surface area contributed by atoms with Crippen molar-refractivity contribution >= 4 is 17.4 Å². The largest absolute Gasteiger partial charge is 0.846 e. The van der Waals surface area contributed by atoms with Crippen molar-refractivity contribution in [1.82, 2.24) is 0 Å². The molecule has 1 aromatic rings. The highest BCUT2D eigenvalue weighted by atomic mass is 16.3. The molecule has 90 valence electrons. The van der Waals surface area contributed by atoms with Gasteiger partial charge in [-0.15, -0.1) is 0 Å². The SMILES string of the molecule is CC1=NN(c2ccccc2)C(N=C(N)[O-])C1C. The minimum Gasteiger partial charge on any atom is -0.846 e. The minimum atomic E-state index is -0.660. The number of hydrogen-bond donors (Lipinski definition) is 1. The molecule has 0 bridgehead atoms. The zero-order valence-corrected chi connectivity index (χ0v) is 9.87. The maximum absolute atomic E-state index is 11.0. The number of nitrogens with two attached hydrogens (primary N) is 1. The molecule has 2 unspecified atom stereocenters. The Balaban J connectivity index is 2.35. The van der Waals surface area contributed by atoms with E-state index in [0.717, 1.165) is 11.4 Å². The standard InChI is InChI=1S/C12H16N4O/c1-8-9(2)15-16(11(8)14-12(13)17)10-6-4-3-5-7-10/h3-8,11H,1-2H3,(H3,13,14,17)/p-1. The molecule has 0 radical (unpaired) electrons. The first-order valence-corrected chi connectivity index (χ1v) is 5.49. The minimum absolute atomic E-state index is 0.0858. The van der Waals surface area contributed by atoms with Crippen LogP contribution in [0.1, 0.15) is 13.8 Å². The highest BCUT2D eigenvalue weighted by molar-refractivity contribution is 5.89. The summed E-state index contributed by atoms with van der Waals surface area (Å²) < 4.78 is 0. The summed E-state index contributed by atoms with van der Waals surface area (Å²) in [6, 6.07) is 8.97. The number of nitrogens with zero attached hydrogens (tertiary/aromatic N) is 3. The fraction of sp³-hybridized carbons (Fsp3) is 0.333. The first-order valence-electron chi connectivity index (χ1n) is 5.49. The van der Waals surface area contributed by atoms with E-state index in [1.54, 1.807) is 5.01 Å². The Morgan fingerprint density at radius 2 is 2.06 bits per heavy atom. The van der Waals surface area contributed by atoms with E-state index in [9.17, 15) is 5.11 Å². The lowest BCUT2D eigenvalue weighted by molar-refractivity contribution is -0.218. The average molecular weight is 231 g/mol. The Hall–Kier alpha value is -2.04.